The standard InChI is InChI=1S/C27H32F3N3O4.C7H13NO2S.C5H3F3OS/c1-2-7-21-18(8-6-15-33(21)25(36)23-20(27(28,29)30)10-5-14-31-23)24(35)32-16-12-26(37,13-17-32)19-9-3-4-11-22(19)34;1-11(10)8-7(9)6-4-2-3-5-6;6-5(7,8)4-1-3(9)2-10-4/h3-5,9-11,14,18,21,34,37H,2,6-8,12-13,15-17H2,1H3;6H,2-5H2,1H3,(H,8,9);1-2,9H. The zero-order valence-corrected chi connectivity index (χ0v) is 33.7. The molecule has 2 aromatic heterocycles. The van der Waals surface area contributed by atoms with E-state index < -0.39 is 62.9 Å². The molecule has 320 valence electrons. The number of hydrogen-bond donors (Lipinski definition) is 4. The number of alkyl halides is 6. The van der Waals surface area contributed by atoms with Crippen molar-refractivity contribution in [3.8, 4) is 11.5 Å². The number of piperidine rings is 2. The molecule has 4 N–H and O–H groups in total. The summed E-state index contributed by atoms with van der Waals surface area (Å²) in [7, 11) is -1.19. The van der Waals surface area contributed by atoms with E-state index in [4.69, 9.17) is 5.11 Å². The fourth-order valence-corrected chi connectivity index (χ4v) is 8.63. The summed E-state index contributed by atoms with van der Waals surface area (Å²) in [6, 6.07) is 8.75. The number of pyridine rings is 1. The smallest absolute Gasteiger partial charge is 0.425 e. The van der Waals surface area contributed by atoms with Crippen molar-refractivity contribution in [2.24, 2.45) is 11.8 Å². The highest BCUT2D eigenvalue weighted by Gasteiger charge is 2.45. The Morgan fingerprint density at radius 2 is 1.60 bits per heavy atom. The third-order valence-corrected chi connectivity index (χ3v) is 11.9. The normalized spacial score (nSPS) is 20.2. The summed E-state index contributed by atoms with van der Waals surface area (Å²) >= 11 is 0.481. The van der Waals surface area contributed by atoms with Gasteiger partial charge in [0.1, 0.15) is 33.1 Å². The summed E-state index contributed by atoms with van der Waals surface area (Å²) in [5.41, 5.74) is -2.55. The van der Waals surface area contributed by atoms with Crippen LogP contribution >= 0.6 is 11.3 Å². The van der Waals surface area contributed by atoms with Crippen LogP contribution < -0.4 is 4.72 Å². The topological polar surface area (TPSA) is 160 Å². The number of carbonyl (C=O) groups excluding carboxylic acids is 3. The average molecular weight is 863 g/mol. The first-order chi connectivity index (χ1) is 27.3. The minimum atomic E-state index is -4.72. The Balaban J connectivity index is 0.000000286. The number of aliphatic hydroxyl groups is 1. The highest BCUT2D eigenvalue weighted by atomic mass is 32.2. The van der Waals surface area contributed by atoms with Crippen LogP contribution in [0.15, 0.2) is 54.0 Å². The monoisotopic (exact) mass is 862 g/mol. The summed E-state index contributed by atoms with van der Waals surface area (Å²) in [4.78, 5) is 44.2. The molecule has 0 bridgehead atoms. The van der Waals surface area contributed by atoms with Crippen molar-refractivity contribution in [1.82, 2.24) is 19.5 Å². The molecule has 3 amide bonds. The fourth-order valence-electron chi connectivity index (χ4n) is 7.55. The molecular formula is C39H48F6N4O7S2. The molecule has 4 heterocycles. The van der Waals surface area contributed by atoms with Crippen LogP contribution in [0.3, 0.4) is 0 Å². The summed E-state index contributed by atoms with van der Waals surface area (Å²) in [5, 5.41) is 30.9. The second-order valence-electron chi connectivity index (χ2n) is 14.4. The van der Waals surface area contributed by atoms with Gasteiger partial charge in [-0.2, -0.15) is 26.3 Å². The number of carbonyl (C=O) groups is 3. The summed E-state index contributed by atoms with van der Waals surface area (Å²) in [5.74, 6) is -1.77. The number of aromatic nitrogens is 1. The Morgan fingerprint density at radius 1 is 0.948 bits per heavy atom. The summed E-state index contributed by atoms with van der Waals surface area (Å²) in [6.45, 7) is 2.71. The number of para-hydroxylation sites is 1. The average Bonchev–Trinajstić information content (AvgIpc) is 3.88. The molecule has 0 radical (unpaired) electrons. The zero-order chi connectivity index (χ0) is 42.8. The lowest BCUT2D eigenvalue weighted by atomic mass is 9.81. The lowest BCUT2D eigenvalue weighted by Gasteiger charge is -2.44. The highest BCUT2D eigenvalue weighted by Crippen LogP contribution is 2.40. The van der Waals surface area contributed by atoms with Crippen molar-refractivity contribution in [3.05, 3.63) is 75.7 Å². The van der Waals surface area contributed by atoms with Crippen LogP contribution in [-0.2, 0) is 38.5 Å². The van der Waals surface area contributed by atoms with Gasteiger partial charge in [-0.25, -0.2) is 4.21 Å². The lowest BCUT2D eigenvalue weighted by Crippen LogP contribution is -2.55. The van der Waals surface area contributed by atoms with Gasteiger partial charge in [-0.15, -0.1) is 11.3 Å². The van der Waals surface area contributed by atoms with Gasteiger partial charge in [0.25, 0.3) is 5.91 Å². The Bertz CT molecular complexity index is 1880. The Kier molecular flexibility index (Phi) is 16.1. The molecular weight excluding hydrogens is 815 g/mol. The second kappa shape index (κ2) is 20.2. The van der Waals surface area contributed by atoms with Gasteiger partial charge in [0.15, 0.2) is 0 Å². The van der Waals surface area contributed by atoms with E-state index in [1.165, 1.54) is 23.4 Å². The SMILES string of the molecule is CCCC1C(C(=O)N2CCC(O)(c3ccccc3O)CC2)CCCN1C(=O)c1ncccc1C(F)(F)F.CS(=O)NC(=O)C1CCCC1.Oc1csc(C(F)(F)F)c1. The minimum absolute atomic E-state index is 0.00182. The van der Waals surface area contributed by atoms with E-state index in [1.807, 2.05) is 6.92 Å². The van der Waals surface area contributed by atoms with E-state index in [0.29, 0.717) is 48.6 Å². The van der Waals surface area contributed by atoms with Gasteiger partial charge < -0.3 is 25.1 Å². The first-order valence-corrected chi connectivity index (χ1v) is 21.3. The number of nitrogens with zero attached hydrogens (tertiary/aromatic N) is 3. The molecule has 3 unspecified atom stereocenters. The van der Waals surface area contributed by atoms with Crippen LogP contribution in [-0.4, -0.2) is 84.0 Å². The number of aromatic hydroxyl groups is 2. The number of rotatable bonds is 7. The molecule has 3 atom stereocenters. The predicted octanol–water partition coefficient (Wildman–Crippen LogP) is 7.40. The van der Waals surface area contributed by atoms with Crippen LogP contribution in [0.25, 0.3) is 0 Å². The molecule has 3 fully saturated rings. The molecule has 0 spiro atoms. The van der Waals surface area contributed by atoms with Crippen LogP contribution in [0.1, 0.15) is 97.6 Å². The van der Waals surface area contributed by atoms with Crippen molar-refractivity contribution >= 4 is 40.0 Å². The molecule has 1 aromatic carbocycles. The van der Waals surface area contributed by atoms with Gasteiger partial charge in [-0.3, -0.25) is 24.1 Å². The largest absolute Gasteiger partial charge is 0.508 e. The number of amides is 3. The van der Waals surface area contributed by atoms with E-state index in [-0.39, 0.29) is 61.7 Å². The molecule has 58 heavy (non-hydrogen) atoms. The first-order valence-electron chi connectivity index (χ1n) is 18.9. The van der Waals surface area contributed by atoms with Gasteiger partial charge in [-0.05, 0) is 63.1 Å². The quantitative estimate of drug-likeness (QED) is 0.179. The molecule has 3 aromatic rings. The number of halogens is 6. The minimum Gasteiger partial charge on any atom is -0.508 e. The Hall–Kier alpha value is -4.23. The number of thiophene rings is 1. The van der Waals surface area contributed by atoms with E-state index in [1.54, 1.807) is 23.1 Å². The number of benzene rings is 1. The maximum Gasteiger partial charge on any atom is 0.425 e. The summed E-state index contributed by atoms with van der Waals surface area (Å²) < 4.78 is 88.8. The number of phenols is 1. The van der Waals surface area contributed by atoms with Crippen molar-refractivity contribution in [2.45, 2.75) is 95.1 Å². The van der Waals surface area contributed by atoms with E-state index in [2.05, 4.69) is 9.71 Å². The molecule has 2 aliphatic heterocycles. The van der Waals surface area contributed by atoms with E-state index >= 15 is 0 Å². The van der Waals surface area contributed by atoms with Gasteiger partial charge in [0.05, 0.1) is 17.1 Å². The third kappa shape index (κ3) is 12.2. The lowest BCUT2D eigenvalue weighted by molar-refractivity contribution is -0.144. The fraction of sp³-hybridized carbons (Fsp3) is 0.538. The number of phenolic OH excluding ortho intramolecular Hbond substituents is 1. The highest BCUT2D eigenvalue weighted by molar-refractivity contribution is 7.82. The van der Waals surface area contributed by atoms with Crippen molar-refractivity contribution in [2.75, 3.05) is 25.9 Å². The molecule has 3 aliphatic rings. The van der Waals surface area contributed by atoms with Crippen LogP contribution in [0, 0.1) is 11.8 Å². The summed E-state index contributed by atoms with van der Waals surface area (Å²) in [6.07, 6.45) is 0.429. The number of nitrogens with one attached hydrogen (secondary N) is 1. The molecule has 11 nitrogen and oxygen atoms in total. The number of likely N-dealkylation sites (tertiary alicyclic amines) is 2. The second-order valence-corrected chi connectivity index (χ2v) is 16.5. The van der Waals surface area contributed by atoms with Gasteiger partial charge >= 0.3 is 12.4 Å². The van der Waals surface area contributed by atoms with Gasteiger partial charge in [0, 0.05) is 61.1 Å². The zero-order valence-electron chi connectivity index (χ0n) is 32.0. The third-order valence-electron chi connectivity index (χ3n) is 10.4. The van der Waals surface area contributed by atoms with Crippen molar-refractivity contribution < 1.29 is 60.3 Å². The Labute approximate surface area is 339 Å². The van der Waals surface area contributed by atoms with E-state index in [9.17, 15) is 55.1 Å². The molecule has 6 rings (SSSR count). The maximum absolute atomic E-state index is 13.6. The van der Waals surface area contributed by atoms with Crippen LogP contribution in [0.2, 0.25) is 0 Å². The first kappa shape index (κ1) is 46.5. The van der Waals surface area contributed by atoms with Crippen LogP contribution in [0.5, 0.6) is 11.5 Å². The predicted molar refractivity (Wildman–Crippen MR) is 205 cm³/mol. The molecule has 2 saturated heterocycles. The number of hydrogen-bond acceptors (Lipinski definition) is 9. The molecule has 1 aliphatic carbocycles. The van der Waals surface area contributed by atoms with Gasteiger partial charge in [0.2, 0.25) is 11.8 Å². The van der Waals surface area contributed by atoms with E-state index in [0.717, 1.165) is 43.2 Å². The Morgan fingerprint density at radius 3 is 2.14 bits per heavy atom. The van der Waals surface area contributed by atoms with Gasteiger partial charge in [-0.1, -0.05) is 44.4 Å². The van der Waals surface area contributed by atoms with Crippen molar-refractivity contribution in [1.29, 1.82) is 0 Å². The molecule has 1 saturated carbocycles. The maximum atomic E-state index is 13.6. The van der Waals surface area contributed by atoms with Crippen molar-refractivity contribution in [3.63, 3.8) is 0 Å². The van der Waals surface area contributed by atoms with Crippen LogP contribution in [0.4, 0.5) is 26.3 Å². The molecule has 19 heteroatoms.